The minimum atomic E-state index is 0.503. The van der Waals surface area contributed by atoms with Crippen LogP contribution in [0.25, 0.3) is 0 Å². The largest absolute Gasteiger partial charge is 0.339 e. The first-order chi connectivity index (χ1) is 8.85. The predicted molar refractivity (Wildman–Crippen MR) is 64.9 cm³/mol. The summed E-state index contributed by atoms with van der Waals surface area (Å²) in [6.07, 6.45) is 4.25. The van der Waals surface area contributed by atoms with Crippen LogP contribution in [-0.4, -0.2) is 10.1 Å². The number of hydrogen-bond donors (Lipinski definition) is 0. The van der Waals surface area contributed by atoms with Gasteiger partial charge in [-0.2, -0.15) is 10.2 Å². The van der Waals surface area contributed by atoms with Crippen LogP contribution in [0.3, 0.4) is 0 Å². The van der Waals surface area contributed by atoms with E-state index in [-0.39, 0.29) is 0 Å². The summed E-state index contributed by atoms with van der Waals surface area (Å²) in [4.78, 5) is 4.43. The third kappa shape index (κ3) is 2.12. The van der Waals surface area contributed by atoms with Crippen molar-refractivity contribution in [2.45, 2.75) is 31.6 Å². The van der Waals surface area contributed by atoms with Gasteiger partial charge in [0.25, 0.3) is 0 Å². The second-order valence-electron chi connectivity index (χ2n) is 4.66. The second kappa shape index (κ2) is 4.61. The summed E-state index contributed by atoms with van der Waals surface area (Å²) in [6, 6.07) is 9.55. The van der Waals surface area contributed by atoms with Gasteiger partial charge in [-0.15, -0.1) is 0 Å². The molecule has 90 valence electrons. The molecular weight excluding hydrogens is 226 g/mol. The van der Waals surface area contributed by atoms with Gasteiger partial charge in [0.1, 0.15) is 0 Å². The van der Waals surface area contributed by atoms with Crippen molar-refractivity contribution in [1.29, 1.82) is 5.26 Å². The maximum atomic E-state index is 8.73. The second-order valence-corrected chi connectivity index (χ2v) is 4.66. The molecule has 0 spiro atoms. The molecule has 1 aromatic heterocycles. The fraction of sp³-hybridized carbons (Fsp3) is 0.357. The quantitative estimate of drug-likeness (QED) is 0.826. The number of benzene rings is 1. The number of aromatic nitrogens is 2. The molecular formula is C14H13N3O. The molecule has 0 saturated heterocycles. The summed E-state index contributed by atoms with van der Waals surface area (Å²) in [5.74, 6) is 2.01. The average molecular weight is 239 g/mol. The van der Waals surface area contributed by atoms with Crippen LogP contribution in [0.4, 0.5) is 0 Å². The van der Waals surface area contributed by atoms with E-state index in [9.17, 15) is 0 Å². The van der Waals surface area contributed by atoms with E-state index in [0.29, 0.717) is 23.8 Å². The van der Waals surface area contributed by atoms with E-state index < -0.39 is 0 Å². The summed E-state index contributed by atoms with van der Waals surface area (Å²) < 4.78 is 5.26. The summed E-state index contributed by atoms with van der Waals surface area (Å²) in [5.41, 5.74) is 1.75. The lowest BCUT2D eigenvalue weighted by Crippen LogP contribution is -2.10. The molecule has 0 N–H and O–H groups in total. The Bertz CT molecular complexity index is 576. The van der Waals surface area contributed by atoms with Crippen LogP contribution >= 0.6 is 0 Å². The molecule has 18 heavy (non-hydrogen) atoms. The highest BCUT2D eigenvalue weighted by Gasteiger charge is 2.24. The third-order valence-corrected chi connectivity index (χ3v) is 3.39. The minimum absolute atomic E-state index is 0.503. The van der Waals surface area contributed by atoms with Crippen molar-refractivity contribution >= 4 is 0 Å². The molecule has 2 aromatic rings. The van der Waals surface area contributed by atoms with E-state index in [4.69, 9.17) is 9.78 Å². The Morgan fingerprint density at radius 1 is 1.28 bits per heavy atom. The number of nitrogens with zero attached hydrogens (tertiary/aromatic N) is 3. The molecule has 1 aromatic carbocycles. The first kappa shape index (κ1) is 11.0. The molecule has 1 aliphatic rings. The van der Waals surface area contributed by atoms with Crippen LogP contribution < -0.4 is 0 Å². The number of nitriles is 1. The highest BCUT2D eigenvalue weighted by Crippen LogP contribution is 2.34. The Balaban J connectivity index is 1.71. The molecule has 0 unspecified atom stereocenters. The van der Waals surface area contributed by atoms with Gasteiger partial charge in [0.2, 0.25) is 5.89 Å². The van der Waals surface area contributed by atoms with Crippen LogP contribution in [-0.2, 0) is 6.42 Å². The summed E-state index contributed by atoms with van der Waals surface area (Å²) in [6.45, 7) is 0. The zero-order valence-electron chi connectivity index (χ0n) is 9.97. The van der Waals surface area contributed by atoms with Gasteiger partial charge in [0, 0.05) is 5.92 Å². The lowest BCUT2D eigenvalue weighted by molar-refractivity contribution is 0.350. The number of hydrogen-bond acceptors (Lipinski definition) is 4. The lowest BCUT2D eigenvalue weighted by atomic mass is 9.85. The van der Waals surface area contributed by atoms with Gasteiger partial charge < -0.3 is 4.52 Å². The third-order valence-electron chi connectivity index (χ3n) is 3.39. The van der Waals surface area contributed by atoms with Crippen molar-refractivity contribution in [1.82, 2.24) is 10.1 Å². The molecule has 0 aliphatic heterocycles. The smallest absolute Gasteiger partial charge is 0.231 e. The fourth-order valence-electron chi connectivity index (χ4n) is 2.04. The monoisotopic (exact) mass is 239 g/mol. The summed E-state index contributed by atoms with van der Waals surface area (Å²) in [7, 11) is 0. The van der Waals surface area contributed by atoms with Crippen molar-refractivity contribution in [2.24, 2.45) is 0 Å². The van der Waals surface area contributed by atoms with Gasteiger partial charge >= 0.3 is 0 Å². The van der Waals surface area contributed by atoms with Gasteiger partial charge in [-0.05, 0) is 30.5 Å². The van der Waals surface area contributed by atoms with Gasteiger partial charge in [-0.3, -0.25) is 0 Å². The molecule has 1 fully saturated rings. The first-order valence-electron chi connectivity index (χ1n) is 6.16. The van der Waals surface area contributed by atoms with Crippen molar-refractivity contribution in [3.63, 3.8) is 0 Å². The highest BCUT2D eigenvalue weighted by atomic mass is 16.5. The molecule has 4 nitrogen and oxygen atoms in total. The Morgan fingerprint density at radius 2 is 2.06 bits per heavy atom. The zero-order chi connectivity index (χ0) is 12.4. The highest BCUT2D eigenvalue weighted by molar-refractivity contribution is 5.32. The van der Waals surface area contributed by atoms with Crippen molar-refractivity contribution in [3.8, 4) is 6.07 Å². The van der Waals surface area contributed by atoms with E-state index in [2.05, 4.69) is 16.2 Å². The van der Waals surface area contributed by atoms with Crippen LogP contribution in [0.2, 0.25) is 0 Å². The standard InChI is InChI=1S/C14H13N3O/c15-9-11-6-4-10(5-7-11)8-13-16-14(17-18-13)12-2-1-3-12/h4-7,12H,1-3,8H2. The van der Waals surface area contributed by atoms with Crippen LogP contribution in [0.15, 0.2) is 28.8 Å². The SMILES string of the molecule is N#Cc1ccc(Cc2nc(C3CCC3)no2)cc1. The van der Waals surface area contributed by atoms with E-state index in [1.165, 1.54) is 19.3 Å². The molecule has 0 radical (unpaired) electrons. The van der Waals surface area contributed by atoms with E-state index in [1.807, 2.05) is 12.1 Å². The summed E-state index contributed by atoms with van der Waals surface area (Å²) >= 11 is 0. The van der Waals surface area contributed by atoms with Gasteiger partial charge in [-0.1, -0.05) is 23.7 Å². The van der Waals surface area contributed by atoms with Crippen LogP contribution in [0.5, 0.6) is 0 Å². The van der Waals surface area contributed by atoms with Crippen LogP contribution in [0.1, 0.15) is 48.0 Å². The topological polar surface area (TPSA) is 62.7 Å². The Morgan fingerprint density at radius 3 is 2.67 bits per heavy atom. The maximum absolute atomic E-state index is 8.73. The molecule has 4 heteroatoms. The Hall–Kier alpha value is -2.15. The molecule has 1 aliphatic carbocycles. The minimum Gasteiger partial charge on any atom is -0.339 e. The van der Waals surface area contributed by atoms with E-state index in [0.717, 1.165) is 11.4 Å². The van der Waals surface area contributed by atoms with Gasteiger partial charge in [-0.25, -0.2) is 0 Å². The molecule has 0 amide bonds. The fourth-order valence-corrected chi connectivity index (χ4v) is 2.04. The molecule has 0 bridgehead atoms. The zero-order valence-corrected chi connectivity index (χ0v) is 9.97. The Labute approximate surface area is 105 Å². The van der Waals surface area contributed by atoms with Crippen LogP contribution in [0, 0.1) is 11.3 Å². The maximum Gasteiger partial charge on any atom is 0.231 e. The van der Waals surface area contributed by atoms with E-state index in [1.54, 1.807) is 12.1 Å². The summed E-state index contributed by atoms with van der Waals surface area (Å²) in [5, 5.41) is 12.8. The van der Waals surface area contributed by atoms with Gasteiger partial charge in [0.05, 0.1) is 18.1 Å². The van der Waals surface area contributed by atoms with Gasteiger partial charge in [0.15, 0.2) is 5.82 Å². The first-order valence-corrected chi connectivity index (χ1v) is 6.16. The molecule has 1 saturated carbocycles. The van der Waals surface area contributed by atoms with Crippen molar-refractivity contribution < 1.29 is 4.52 Å². The number of rotatable bonds is 3. The normalized spacial score (nSPS) is 15.1. The predicted octanol–water partition coefficient (Wildman–Crippen LogP) is 2.80. The van der Waals surface area contributed by atoms with Crippen molar-refractivity contribution in [2.75, 3.05) is 0 Å². The lowest BCUT2D eigenvalue weighted by Gasteiger charge is -2.20. The average Bonchev–Trinajstić information content (AvgIpc) is 2.76. The Kier molecular flexibility index (Phi) is 2.81. The van der Waals surface area contributed by atoms with Crippen molar-refractivity contribution in [3.05, 3.63) is 47.1 Å². The molecule has 1 heterocycles. The molecule has 0 atom stereocenters. The van der Waals surface area contributed by atoms with E-state index >= 15 is 0 Å². The molecule has 3 rings (SSSR count).